The molecule has 0 bridgehead atoms. The molecule has 4 fully saturated rings. The second-order valence-corrected chi connectivity index (χ2v) is 8.79. The Morgan fingerprint density at radius 1 is 1.14 bits per heavy atom. The molecule has 6 rings (SSSR count). The van der Waals surface area contributed by atoms with Crippen molar-refractivity contribution in [2.75, 3.05) is 39.1 Å². The molecule has 2 saturated heterocycles. The van der Waals surface area contributed by atoms with Gasteiger partial charge in [0.05, 0.1) is 38.1 Å². The maximum atomic E-state index is 5.89. The van der Waals surface area contributed by atoms with Gasteiger partial charge in [-0.2, -0.15) is 5.10 Å². The molecule has 2 aromatic rings. The highest BCUT2D eigenvalue weighted by Crippen LogP contribution is 2.59. The van der Waals surface area contributed by atoms with Gasteiger partial charge in [0, 0.05) is 36.5 Å². The second kappa shape index (κ2) is 6.19. The number of nitrogen functional groups attached to an aromatic ring is 1. The number of likely N-dealkylation sites (tertiary alicyclic amines) is 1. The van der Waals surface area contributed by atoms with Crippen molar-refractivity contribution in [3.05, 3.63) is 24.0 Å². The van der Waals surface area contributed by atoms with Crippen LogP contribution in [-0.4, -0.2) is 59.1 Å². The molecular formula is C21H27N5O2. The fraction of sp³-hybridized carbons (Fsp3) is 0.619. The van der Waals surface area contributed by atoms with Crippen LogP contribution >= 0.6 is 0 Å². The van der Waals surface area contributed by atoms with E-state index in [0.717, 1.165) is 36.3 Å². The molecule has 2 aliphatic carbocycles. The highest BCUT2D eigenvalue weighted by Gasteiger charge is 2.59. The summed E-state index contributed by atoms with van der Waals surface area (Å²) in [6.45, 7) is 4.26. The molecule has 148 valence electrons. The van der Waals surface area contributed by atoms with Crippen LogP contribution in [0.25, 0.3) is 11.3 Å². The molecular weight excluding hydrogens is 354 g/mol. The molecule has 7 heteroatoms. The fourth-order valence-corrected chi connectivity index (χ4v) is 5.21. The van der Waals surface area contributed by atoms with Crippen molar-refractivity contribution in [1.29, 1.82) is 0 Å². The van der Waals surface area contributed by atoms with Crippen molar-refractivity contribution in [2.45, 2.75) is 37.3 Å². The number of rotatable bonds is 5. The number of fused-ring (bicyclic) bond motifs is 1. The van der Waals surface area contributed by atoms with E-state index in [1.165, 1.54) is 38.0 Å². The van der Waals surface area contributed by atoms with Crippen LogP contribution in [0.3, 0.4) is 0 Å². The van der Waals surface area contributed by atoms with Crippen molar-refractivity contribution < 1.29 is 9.47 Å². The summed E-state index contributed by atoms with van der Waals surface area (Å²) in [6.07, 6.45) is 5.60. The molecule has 0 aromatic carbocycles. The largest absolute Gasteiger partial charge is 0.493 e. The minimum absolute atomic E-state index is 0.418. The normalized spacial score (nSPS) is 30.0. The predicted octanol–water partition coefficient (Wildman–Crippen LogP) is 2.30. The fourth-order valence-electron chi connectivity index (χ4n) is 5.21. The van der Waals surface area contributed by atoms with Crippen LogP contribution in [0, 0.1) is 11.8 Å². The van der Waals surface area contributed by atoms with Crippen LogP contribution in [0.2, 0.25) is 0 Å². The topological polar surface area (TPSA) is 78.4 Å². The number of nitrogens with two attached hydrogens (primary N) is 1. The summed E-state index contributed by atoms with van der Waals surface area (Å²) in [5.74, 6) is 3.24. The monoisotopic (exact) mass is 381 g/mol. The number of aromatic nitrogens is 3. The van der Waals surface area contributed by atoms with Gasteiger partial charge in [0.1, 0.15) is 0 Å². The molecule has 0 radical (unpaired) electrons. The van der Waals surface area contributed by atoms with E-state index in [-0.39, 0.29) is 0 Å². The van der Waals surface area contributed by atoms with E-state index < -0.39 is 0 Å². The molecule has 4 heterocycles. The summed E-state index contributed by atoms with van der Waals surface area (Å²) in [5.41, 5.74) is 9.28. The Labute approximate surface area is 164 Å². The van der Waals surface area contributed by atoms with Crippen molar-refractivity contribution in [3.63, 3.8) is 0 Å². The summed E-state index contributed by atoms with van der Waals surface area (Å²) in [5, 5.41) is 5.02. The zero-order chi connectivity index (χ0) is 18.8. The molecule has 2 N–H and O–H groups in total. The standard InChI is InChI=1S/C21H27N5O2/c1-27-19-5-12(7-23-21(19)22)17-6-18(26(24-17)13-3-2-4-13)20-15-8-25(9-16(15)20)14-10-28-11-14/h5-7,13-16,20H,2-4,8-11H2,1H3,(H2,22,23)/t15-,16+,20?. The smallest absolute Gasteiger partial charge is 0.166 e. The lowest BCUT2D eigenvalue weighted by atomic mass is 9.93. The van der Waals surface area contributed by atoms with Crippen LogP contribution < -0.4 is 10.5 Å². The Bertz CT molecular complexity index is 892. The third-order valence-corrected chi connectivity index (χ3v) is 7.28. The lowest BCUT2D eigenvalue weighted by Crippen LogP contribution is -2.48. The molecule has 7 nitrogen and oxygen atoms in total. The molecule has 3 atom stereocenters. The van der Waals surface area contributed by atoms with Crippen molar-refractivity contribution in [1.82, 2.24) is 19.7 Å². The number of anilines is 1. The number of methoxy groups -OCH3 is 1. The van der Waals surface area contributed by atoms with Gasteiger partial charge in [-0.25, -0.2) is 4.98 Å². The third-order valence-electron chi connectivity index (χ3n) is 7.28. The van der Waals surface area contributed by atoms with Crippen molar-refractivity contribution >= 4 is 5.82 Å². The molecule has 2 aliphatic heterocycles. The summed E-state index contributed by atoms with van der Waals surface area (Å²) < 4.78 is 13.1. The summed E-state index contributed by atoms with van der Waals surface area (Å²) in [7, 11) is 1.62. The second-order valence-electron chi connectivity index (χ2n) is 8.79. The van der Waals surface area contributed by atoms with E-state index in [0.29, 0.717) is 29.6 Å². The Morgan fingerprint density at radius 2 is 1.93 bits per heavy atom. The first-order chi connectivity index (χ1) is 13.7. The average molecular weight is 381 g/mol. The number of nitrogens with zero attached hydrogens (tertiary/aromatic N) is 4. The first-order valence-electron chi connectivity index (χ1n) is 10.4. The number of hydrogen-bond acceptors (Lipinski definition) is 6. The first kappa shape index (κ1) is 16.8. The van der Waals surface area contributed by atoms with Gasteiger partial charge in [0.15, 0.2) is 11.6 Å². The molecule has 28 heavy (non-hydrogen) atoms. The predicted molar refractivity (Wildman–Crippen MR) is 105 cm³/mol. The van der Waals surface area contributed by atoms with E-state index in [2.05, 4.69) is 20.6 Å². The highest BCUT2D eigenvalue weighted by atomic mass is 16.5. The third kappa shape index (κ3) is 2.49. The van der Waals surface area contributed by atoms with Crippen molar-refractivity contribution in [3.8, 4) is 17.0 Å². The van der Waals surface area contributed by atoms with Crippen LogP contribution in [0.5, 0.6) is 5.75 Å². The van der Waals surface area contributed by atoms with Gasteiger partial charge in [-0.05, 0) is 43.2 Å². The SMILES string of the molecule is COc1cc(-c2cc(C3[C@H]4CN(C5COC5)C[C@@H]34)n(C3CCC3)n2)cnc1N. The average Bonchev–Trinajstić information content (AvgIpc) is 2.94. The van der Waals surface area contributed by atoms with Gasteiger partial charge in [0.25, 0.3) is 0 Å². The molecule has 2 saturated carbocycles. The van der Waals surface area contributed by atoms with Gasteiger partial charge < -0.3 is 15.2 Å². The number of hydrogen-bond donors (Lipinski definition) is 1. The zero-order valence-electron chi connectivity index (χ0n) is 16.3. The summed E-state index contributed by atoms with van der Waals surface area (Å²) in [4.78, 5) is 6.93. The Kier molecular flexibility index (Phi) is 3.71. The van der Waals surface area contributed by atoms with Crippen LogP contribution in [-0.2, 0) is 4.74 Å². The lowest BCUT2D eigenvalue weighted by Gasteiger charge is -2.36. The molecule has 0 amide bonds. The van der Waals surface area contributed by atoms with Gasteiger partial charge >= 0.3 is 0 Å². The summed E-state index contributed by atoms with van der Waals surface area (Å²) >= 11 is 0. The van der Waals surface area contributed by atoms with Gasteiger partial charge in [-0.3, -0.25) is 9.58 Å². The number of ether oxygens (including phenoxy) is 2. The Balaban J connectivity index is 1.29. The molecule has 2 aromatic heterocycles. The summed E-state index contributed by atoms with van der Waals surface area (Å²) in [6, 6.07) is 5.47. The van der Waals surface area contributed by atoms with Crippen LogP contribution in [0.4, 0.5) is 5.82 Å². The van der Waals surface area contributed by atoms with Crippen LogP contribution in [0.1, 0.15) is 36.9 Å². The number of piperidine rings is 1. The minimum Gasteiger partial charge on any atom is -0.493 e. The highest BCUT2D eigenvalue weighted by molar-refractivity contribution is 5.64. The molecule has 4 aliphatic rings. The Hall–Kier alpha value is -2.12. The van der Waals surface area contributed by atoms with Gasteiger partial charge in [-0.1, -0.05) is 0 Å². The van der Waals surface area contributed by atoms with E-state index in [1.807, 2.05) is 6.07 Å². The quantitative estimate of drug-likeness (QED) is 0.856. The number of pyridine rings is 1. The zero-order valence-corrected chi connectivity index (χ0v) is 16.3. The van der Waals surface area contributed by atoms with Crippen molar-refractivity contribution in [2.24, 2.45) is 11.8 Å². The Morgan fingerprint density at radius 3 is 2.54 bits per heavy atom. The van der Waals surface area contributed by atoms with Gasteiger partial charge in [0.2, 0.25) is 0 Å². The van der Waals surface area contributed by atoms with E-state index in [4.69, 9.17) is 20.3 Å². The molecule has 1 unspecified atom stereocenters. The first-order valence-corrected chi connectivity index (χ1v) is 10.4. The maximum absolute atomic E-state index is 5.89. The minimum atomic E-state index is 0.418. The van der Waals surface area contributed by atoms with E-state index >= 15 is 0 Å². The van der Waals surface area contributed by atoms with E-state index in [9.17, 15) is 0 Å². The van der Waals surface area contributed by atoms with Crippen LogP contribution in [0.15, 0.2) is 18.3 Å². The molecule has 0 spiro atoms. The van der Waals surface area contributed by atoms with E-state index in [1.54, 1.807) is 13.3 Å². The van der Waals surface area contributed by atoms with Gasteiger partial charge in [-0.15, -0.1) is 0 Å². The maximum Gasteiger partial charge on any atom is 0.166 e. The lowest BCUT2D eigenvalue weighted by molar-refractivity contribution is -0.0610.